The van der Waals surface area contributed by atoms with E-state index in [-0.39, 0.29) is 12.2 Å². The molecule has 0 unspecified atom stereocenters. The van der Waals surface area contributed by atoms with E-state index >= 15 is 0 Å². The van der Waals surface area contributed by atoms with E-state index in [1.807, 2.05) is 0 Å². The van der Waals surface area contributed by atoms with Crippen LogP contribution in [0.4, 0.5) is 0 Å². The van der Waals surface area contributed by atoms with Crippen LogP contribution >= 0.6 is 0 Å². The first-order valence-corrected chi connectivity index (χ1v) is 9.99. The maximum atomic E-state index is 9.87. The number of aliphatic hydroxyl groups is 2. The zero-order valence-electron chi connectivity index (χ0n) is 14.4. The molecule has 0 amide bonds. The third-order valence-corrected chi connectivity index (χ3v) is 7.18. The second kappa shape index (κ2) is 7.66. The Balaban J connectivity index is 1.67. The molecule has 0 aromatic carbocycles. The summed E-state index contributed by atoms with van der Waals surface area (Å²) < 4.78 is 0. The monoisotopic (exact) mass is 308 g/mol. The zero-order valence-corrected chi connectivity index (χ0v) is 14.4. The minimum absolute atomic E-state index is 0.0311. The van der Waals surface area contributed by atoms with Gasteiger partial charge in [0.25, 0.3) is 0 Å². The van der Waals surface area contributed by atoms with Gasteiger partial charge in [-0.05, 0) is 93.8 Å². The topological polar surface area (TPSA) is 40.5 Å². The minimum Gasteiger partial charge on any atom is -0.393 e. The van der Waals surface area contributed by atoms with E-state index in [1.54, 1.807) is 0 Å². The highest BCUT2D eigenvalue weighted by Gasteiger charge is 2.39. The summed E-state index contributed by atoms with van der Waals surface area (Å²) in [5, 5.41) is 19.7. The van der Waals surface area contributed by atoms with Crippen LogP contribution in [0.5, 0.6) is 0 Å². The Morgan fingerprint density at radius 2 is 0.864 bits per heavy atom. The van der Waals surface area contributed by atoms with Crippen LogP contribution in [-0.4, -0.2) is 22.4 Å². The molecule has 3 saturated carbocycles. The number of rotatable bonds is 3. The van der Waals surface area contributed by atoms with Gasteiger partial charge in [0.2, 0.25) is 0 Å². The molecule has 0 radical (unpaired) electrons. The highest BCUT2D eigenvalue weighted by Crippen LogP contribution is 2.48. The number of hydrogen-bond acceptors (Lipinski definition) is 2. The van der Waals surface area contributed by atoms with Gasteiger partial charge in [-0.1, -0.05) is 19.8 Å². The van der Waals surface area contributed by atoms with Gasteiger partial charge in [-0.25, -0.2) is 0 Å². The van der Waals surface area contributed by atoms with Crippen molar-refractivity contribution < 1.29 is 10.2 Å². The summed E-state index contributed by atoms with van der Waals surface area (Å²) in [6, 6.07) is 0. The molecular weight excluding hydrogens is 272 g/mol. The zero-order chi connectivity index (χ0) is 15.5. The molecule has 0 spiro atoms. The first-order chi connectivity index (χ1) is 10.6. The molecule has 2 nitrogen and oxygen atoms in total. The van der Waals surface area contributed by atoms with E-state index in [1.165, 1.54) is 51.4 Å². The molecule has 3 fully saturated rings. The van der Waals surface area contributed by atoms with E-state index in [0.29, 0.717) is 0 Å². The standard InChI is InChI=1S/C20H36O2/c1-14-2-4-15(5-3-14)20(16-6-10-18(21)11-7-16)17-8-12-19(22)13-9-17/h14-22H,2-13H2,1H3. The van der Waals surface area contributed by atoms with Gasteiger partial charge in [-0.15, -0.1) is 0 Å². The molecule has 3 aliphatic carbocycles. The van der Waals surface area contributed by atoms with Gasteiger partial charge in [0.1, 0.15) is 0 Å². The largest absolute Gasteiger partial charge is 0.393 e. The molecule has 0 aromatic rings. The van der Waals surface area contributed by atoms with Crippen molar-refractivity contribution in [3.05, 3.63) is 0 Å². The van der Waals surface area contributed by atoms with Crippen molar-refractivity contribution in [3.63, 3.8) is 0 Å². The molecular formula is C20H36O2. The van der Waals surface area contributed by atoms with Crippen LogP contribution in [0, 0.1) is 29.6 Å². The first-order valence-electron chi connectivity index (χ1n) is 9.99. The quantitative estimate of drug-likeness (QED) is 0.804. The van der Waals surface area contributed by atoms with Gasteiger partial charge in [0.05, 0.1) is 12.2 Å². The second-order valence-electron chi connectivity index (χ2n) is 8.73. The van der Waals surface area contributed by atoms with Crippen molar-refractivity contribution in [1.29, 1.82) is 0 Å². The maximum absolute atomic E-state index is 9.87. The molecule has 128 valence electrons. The van der Waals surface area contributed by atoms with E-state index in [2.05, 4.69) is 6.92 Å². The normalized spacial score (nSPS) is 45.4. The van der Waals surface area contributed by atoms with E-state index < -0.39 is 0 Å². The molecule has 0 atom stereocenters. The maximum Gasteiger partial charge on any atom is 0.0540 e. The molecule has 2 heteroatoms. The van der Waals surface area contributed by atoms with Gasteiger partial charge < -0.3 is 10.2 Å². The smallest absolute Gasteiger partial charge is 0.0540 e. The lowest BCUT2D eigenvalue weighted by Crippen LogP contribution is -2.37. The predicted octanol–water partition coefficient (Wildman–Crippen LogP) is 4.53. The Morgan fingerprint density at radius 3 is 1.23 bits per heavy atom. The van der Waals surface area contributed by atoms with Crippen molar-refractivity contribution in [1.82, 2.24) is 0 Å². The lowest BCUT2D eigenvalue weighted by atomic mass is 9.61. The van der Waals surface area contributed by atoms with E-state index in [9.17, 15) is 10.2 Å². The Labute approximate surface area is 136 Å². The third kappa shape index (κ3) is 4.06. The lowest BCUT2D eigenvalue weighted by Gasteiger charge is -2.45. The van der Waals surface area contributed by atoms with Gasteiger partial charge in [-0.3, -0.25) is 0 Å². The van der Waals surface area contributed by atoms with Crippen LogP contribution in [0.3, 0.4) is 0 Å². The van der Waals surface area contributed by atoms with Crippen molar-refractivity contribution in [2.24, 2.45) is 29.6 Å². The average Bonchev–Trinajstić information content (AvgIpc) is 2.53. The van der Waals surface area contributed by atoms with Crippen LogP contribution in [0.2, 0.25) is 0 Å². The number of aliphatic hydroxyl groups excluding tert-OH is 2. The third-order valence-electron chi connectivity index (χ3n) is 7.18. The molecule has 2 N–H and O–H groups in total. The lowest BCUT2D eigenvalue weighted by molar-refractivity contribution is 0.0105. The van der Waals surface area contributed by atoms with Crippen molar-refractivity contribution in [3.8, 4) is 0 Å². The summed E-state index contributed by atoms with van der Waals surface area (Å²) in [5.74, 6) is 4.44. The molecule has 3 rings (SSSR count). The minimum atomic E-state index is -0.0311. The summed E-state index contributed by atoms with van der Waals surface area (Å²) in [7, 11) is 0. The van der Waals surface area contributed by atoms with Crippen LogP contribution in [0.15, 0.2) is 0 Å². The molecule has 0 aromatic heterocycles. The Hall–Kier alpha value is -0.0800. The second-order valence-corrected chi connectivity index (χ2v) is 8.73. The van der Waals surface area contributed by atoms with Gasteiger partial charge in [-0.2, -0.15) is 0 Å². The summed E-state index contributed by atoms with van der Waals surface area (Å²) in [6.45, 7) is 2.42. The van der Waals surface area contributed by atoms with E-state index in [4.69, 9.17) is 0 Å². The fourth-order valence-corrected chi connectivity index (χ4v) is 5.80. The van der Waals surface area contributed by atoms with Crippen molar-refractivity contribution in [2.45, 2.75) is 96.2 Å². The van der Waals surface area contributed by atoms with Crippen LogP contribution in [0.1, 0.15) is 84.0 Å². The van der Waals surface area contributed by atoms with Gasteiger partial charge in [0, 0.05) is 0 Å². The van der Waals surface area contributed by atoms with E-state index in [0.717, 1.165) is 55.3 Å². The predicted molar refractivity (Wildman–Crippen MR) is 90.5 cm³/mol. The summed E-state index contributed by atoms with van der Waals surface area (Å²) in [4.78, 5) is 0. The highest BCUT2D eigenvalue weighted by molar-refractivity contribution is 4.90. The van der Waals surface area contributed by atoms with Crippen LogP contribution < -0.4 is 0 Å². The molecule has 0 bridgehead atoms. The molecule has 3 aliphatic rings. The average molecular weight is 309 g/mol. The Kier molecular flexibility index (Phi) is 5.84. The van der Waals surface area contributed by atoms with Crippen LogP contribution in [0.25, 0.3) is 0 Å². The fourth-order valence-electron chi connectivity index (χ4n) is 5.80. The van der Waals surface area contributed by atoms with Crippen molar-refractivity contribution in [2.75, 3.05) is 0 Å². The first kappa shape index (κ1) is 16.8. The highest BCUT2D eigenvalue weighted by atomic mass is 16.3. The SMILES string of the molecule is CC1CCC(C(C2CCC(O)CC2)C2CCC(O)CC2)CC1. The summed E-state index contributed by atoms with van der Waals surface area (Å²) in [5.41, 5.74) is 0. The summed E-state index contributed by atoms with van der Waals surface area (Å²) in [6.07, 6.45) is 14.7. The molecule has 0 aliphatic heterocycles. The molecule has 0 heterocycles. The molecule has 0 saturated heterocycles. The Bertz CT molecular complexity index is 266. The van der Waals surface area contributed by atoms with Crippen molar-refractivity contribution >= 4 is 0 Å². The number of hydrogen-bond donors (Lipinski definition) is 2. The van der Waals surface area contributed by atoms with Gasteiger partial charge in [0.15, 0.2) is 0 Å². The molecule has 22 heavy (non-hydrogen) atoms. The van der Waals surface area contributed by atoms with Gasteiger partial charge >= 0.3 is 0 Å². The Morgan fingerprint density at radius 1 is 0.545 bits per heavy atom. The summed E-state index contributed by atoms with van der Waals surface area (Å²) >= 11 is 0. The fraction of sp³-hybridized carbons (Fsp3) is 1.00. The van der Waals surface area contributed by atoms with Crippen LogP contribution in [-0.2, 0) is 0 Å².